The number of amides is 1. The lowest BCUT2D eigenvalue weighted by atomic mass is 10.3. The highest BCUT2D eigenvalue weighted by molar-refractivity contribution is 7.14. The van der Waals surface area contributed by atoms with E-state index in [1.807, 2.05) is 36.3 Å². The summed E-state index contributed by atoms with van der Waals surface area (Å²) in [5.41, 5.74) is 2.05. The van der Waals surface area contributed by atoms with E-state index in [0.29, 0.717) is 13.1 Å². The van der Waals surface area contributed by atoms with E-state index in [1.165, 1.54) is 11.3 Å². The van der Waals surface area contributed by atoms with Crippen LogP contribution < -0.4 is 10.2 Å². The zero-order valence-electron chi connectivity index (χ0n) is 12.7. The van der Waals surface area contributed by atoms with E-state index in [4.69, 9.17) is 0 Å². The lowest BCUT2D eigenvalue weighted by Gasteiger charge is -2.14. The van der Waals surface area contributed by atoms with Gasteiger partial charge in [0.1, 0.15) is 0 Å². The summed E-state index contributed by atoms with van der Waals surface area (Å²) in [4.78, 5) is 17.6. The van der Waals surface area contributed by atoms with Crippen LogP contribution in [0.5, 0.6) is 0 Å². The molecule has 0 saturated heterocycles. The molecule has 0 unspecified atom stereocenters. The van der Waals surface area contributed by atoms with E-state index in [2.05, 4.69) is 15.4 Å². The van der Waals surface area contributed by atoms with Gasteiger partial charge in [0, 0.05) is 51.6 Å². The molecule has 0 saturated carbocycles. The standard InChI is InChI=1S/C14H21N5OS/c1-4-19(11(2)20)14-16-13(10-21-14)9-15-7-5-12-6-8-18(3)17-12/h6,8,10,15H,4-5,7,9H2,1-3H3. The van der Waals surface area contributed by atoms with Gasteiger partial charge in [-0.3, -0.25) is 14.4 Å². The van der Waals surface area contributed by atoms with Gasteiger partial charge in [-0.15, -0.1) is 11.3 Å². The summed E-state index contributed by atoms with van der Waals surface area (Å²) in [5, 5.41) is 10.4. The molecule has 7 heteroatoms. The van der Waals surface area contributed by atoms with Gasteiger partial charge in [-0.2, -0.15) is 5.10 Å². The van der Waals surface area contributed by atoms with Crippen molar-refractivity contribution in [3.8, 4) is 0 Å². The molecule has 0 aromatic carbocycles. The molecule has 21 heavy (non-hydrogen) atoms. The lowest BCUT2D eigenvalue weighted by molar-refractivity contribution is -0.116. The number of carbonyl (C=O) groups excluding carboxylic acids is 1. The molecular formula is C14H21N5OS. The Balaban J connectivity index is 1.79. The summed E-state index contributed by atoms with van der Waals surface area (Å²) in [6.45, 7) is 5.73. The Morgan fingerprint density at radius 2 is 2.29 bits per heavy atom. The summed E-state index contributed by atoms with van der Waals surface area (Å²) in [6.07, 6.45) is 2.84. The lowest BCUT2D eigenvalue weighted by Crippen LogP contribution is -2.27. The van der Waals surface area contributed by atoms with Gasteiger partial charge in [0.15, 0.2) is 5.13 Å². The van der Waals surface area contributed by atoms with E-state index in [-0.39, 0.29) is 5.91 Å². The number of aryl methyl sites for hydroxylation is 1. The van der Waals surface area contributed by atoms with E-state index in [1.54, 1.807) is 11.8 Å². The monoisotopic (exact) mass is 307 g/mol. The quantitative estimate of drug-likeness (QED) is 0.789. The van der Waals surface area contributed by atoms with Gasteiger partial charge in [-0.1, -0.05) is 0 Å². The normalized spacial score (nSPS) is 10.8. The molecule has 2 heterocycles. The molecule has 2 rings (SSSR count). The van der Waals surface area contributed by atoms with Crippen molar-refractivity contribution in [2.45, 2.75) is 26.8 Å². The third-order valence-corrected chi connectivity index (χ3v) is 4.01. The van der Waals surface area contributed by atoms with Crippen molar-refractivity contribution < 1.29 is 4.79 Å². The fourth-order valence-corrected chi connectivity index (χ4v) is 2.96. The Morgan fingerprint density at radius 3 is 2.90 bits per heavy atom. The van der Waals surface area contributed by atoms with Crippen LogP contribution in [0.2, 0.25) is 0 Å². The highest BCUT2D eigenvalue weighted by Gasteiger charge is 2.13. The second-order valence-electron chi connectivity index (χ2n) is 4.79. The number of rotatable bonds is 7. The molecule has 2 aromatic rings. The van der Waals surface area contributed by atoms with Gasteiger partial charge < -0.3 is 5.32 Å². The zero-order valence-corrected chi connectivity index (χ0v) is 13.5. The molecule has 114 valence electrons. The highest BCUT2D eigenvalue weighted by Crippen LogP contribution is 2.20. The summed E-state index contributed by atoms with van der Waals surface area (Å²) in [6, 6.07) is 2.02. The van der Waals surface area contributed by atoms with Crippen molar-refractivity contribution in [1.82, 2.24) is 20.1 Å². The van der Waals surface area contributed by atoms with Crippen molar-refractivity contribution in [2.24, 2.45) is 7.05 Å². The fourth-order valence-electron chi connectivity index (χ4n) is 2.02. The van der Waals surface area contributed by atoms with Crippen LogP contribution in [0.25, 0.3) is 0 Å². The van der Waals surface area contributed by atoms with E-state index >= 15 is 0 Å². The maximum Gasteiger partial charge on any atom is 0.225 e. The van der Waals surface area contributed by atoms with E-state index < -0.39 is 0 Å². The Hall–Kier alpha value is -1.73. The smallest absolute Gasteiger partial charge is 0.225 e. The zero-order chi connectivity index (χ0) is 15.2. The fraction of sp³-hybridized carbons (Fsp3) is 0.500. The maximum atomic E-state index is 11.5. The first kappa shape index (κ1) is 15.7. The van der Waals surface area contributed by atoms with Crippen LogP contribution in [0.15, 0.2) is 17.6 Å². The Labute approximate surface area is 128 Å². The predicted octanol–water partition coefficient (Wildman–Crippen LogP) is 1.58. The molecule has 1 N–H and O–H groups in total. The molecule has 0 aliphatic rings. The number of anilines is 1. The van der Waals surface area contributed by atoms with Crippen LogP contribution >= 0.6 is 11.3 Å². The molecular weight excluding hydrogens is 286 g/mol. The SMILES string of the molecule is CCN(C(C)=O)c1nc(CNCCc2ccn(C)n2)cs1. The van der Waals surface area contributed by atoms with Gasteiger partial charge in [-0.05, 0) is 13.0 Å². The van der Waals surface area contributed by atoms with Gasteiger partial charge in [0.2, 0.25) is 5.91 Å². The molecule has 0 atom stereocenters. The minimum Gasteiger partial charge on any atom is -0.311 e. The van der Waals surface area contributed by atoms with Gasteiger partial charge >= 0.3 is 0 Å². The summed E-state index contributed by atoms with van der Waals surface area (Å²) in [7, 11) is 1.92. The molecule has 0 radical (unpaired) electrons. The minimum atomic E-state index is 0.0292. The van der Waals surface area contributed by atoms with Crippen LogP contribution in [0, 0.1) is 0 Å². The van der Waals surface area contributed by atoms with Gasteiger partial charge in [-0.25, -0.2) is 4.98 Å². The van der Waals surface area contributed by atoms with Crippen LogP contribution in [0.4, 0.5) is 5.13 Å². The summed E-state index contributed by atoms with van der Waals surface area (Å²) < 4.78 is 1.81. The number of aromatic nitrogens is 3. The van der Waals surface area contributed by atoms with Crippen molar-refractivity contribution in [3.05, 3.63) is 29.0 Å². The van der Waals surface area contributed by atoms with E-state index in [0.717, 1.165) is 29.5 Å². The third-order valence-electron chi connectivity index (χ3n) is 3.10. The maximum absolute atomic E-state index is 11.5. The van der Waals surface area contributed by atoms with Crippen molar-refractivity contribution >= 4 is 22.4 Å². The molecule has 6 nitrogen and oxygen atoms in total. The molecule has 0 aliphatic carbocycles. The molecule has 0 spiro atoms. The predicted molar refractivity (Wildman–Crippen MR) is 84.4 cm³/mol. The van der Waals surface area contributed by atoms with Crippen molar-refractivity contribution in [2.75, 3.05) is 18.0 Å². The summed E-state index contributed by atoms with van der Waals surface area (Å²) in [5.74, 6) is 0.0292. The van der Waals surface area contributed by atoms with Crippen LogP contribution in [0.1, 0.15) is 25.2 Å². The Morgan fingerprint density at radius 1 is 1.48 bits per heavy atom. The van der Waals surface area contributed by atoms with Crippen LogP contribution in [-0.4, -0.2) is 33.8 Å². The first-order chi connectivity index (χ1) is 10.1. The number of nitrogens with one attached hydrogen (secondary N) is 1. The number of thiazole rings is 1. The largest absolute Gasteiger partial charge is 0.311 e. The number of nitrogens with zero attached hydrogens (tertiary/aromatic N) is 4. The molecule has 0 bridgehead atoms. The molecule has 0 fully saturated rings. The van der Waals surface area contributed by atoms with E-state index in [9.17, 15) is 4.79 Å². The van der Waals surface area contributed by atoms with Gasteiger partial charge in [0.05, 0.1) is 11.4 Å². The molecule has 1 amide bonds. The summed E-state index contributed by atoms with van der Waals surface area (Å²) >= 11 is 1.51. The Bertz CT molecular complexity index is 592. The van der Waals surface area contributed by atoms with Crippen LogP contribution in [0.3, 0.4) is 0 Å². The first-order valence-electron chi connectivity index (χ1n) is 7.02. The van der Waals surface area contributed by atoms with Crippen LogP contribution in [-0.2, 0) is 24.8 Å². The second kappa shape index (κ2) is 7.33. The average molecular weight is 307 g/mol. The number of hydrogen-bond acceptors (Lipinski definition) is 5. The molecule has 2 aromatic heterocycles. The minimum absolute atomic E-state index is 0.0292. The molecule has 0 aliphatic heterocycles. The van der Waals surface area contributed by atoms with Crippen molar-refractivity contribution in [3.63, 3.8) is 0 Å². The number of carbonyl (C=O) groups is 1. The highest BCUT2D eigenvalue weighted by atomic mass is 32.1. The number of hydrogen-bond donors (Lipinski definition) is 1. The first-order valence-corrected chi connectivity index (χ1v) is 7.90. The second-order valence-corrected chi connectivity index (χ2v) is 5.63. The topological polar surface area (TPSA) is 63.1 Å². The Kier molecular flexibility index (Phi) is 5.46. The van der Waals surface area contributed by atoms with Crippen molar-refractivity contribution in [1.29, 1.82) is 0 Å². The average Bonchev–Trinajstić information content (AvgIpc) is 3.05. The third kappa shape index (κ3) is 4.37. The van der Waals surface area contributed by atoms with Gasteiger partial charge in [0.25, 0.3) is 0 Å².